The lowest BCUT2D eigenvalue weighted by atomic mass is 9.93. The molecule has 110 valence electrons. The average molecular weight is 286 g/mol. The van der Waals surface area contributed by atoms with Crippen LogP contribution in [0.2, 0.25) is 0 Å². The Labute approximate surface area is 115 Å². The normalized spacial score (nSPS) is 17.2. The molecule has 2 amide bonds. The van der Waals surface area contributed by atoms with Crippen LogP contribution in [0.1, 0.15) is 43.4 Å². The van der Waals surface area contributed by atoms with Crippen molar-refractivity contribution in [3.63, 3.8) is 0 Å². The fraction of sp³-hybridized carbons (Fsp3) is 0.500. The van der Waals surface area contributed by atoms with E-state index in [0.29, 0.717) is 0 Å². The molecule has 0 radical (unpaired) electrons. The topological polar surface area (TPSA) is 41.1 Å². The van der Waals surface area contributed by atoms with Crippen LogP contribution in [-0.4, -0.2) is 12.1 Å². The molecule has 1 aliphatic rings. The van der Waals surface area contributed by atoms with Gasteiger partial charge in [-0.15, -0.1) is 0 Å². The van der Waals surface area contributed by atoms with Crippen LogP contribution in [0.4, 0.5) is 18.0 Å². The van der Waals surface area contributed by atoms with E-state index in [1.54, 1.807) is 6.92 Å². The lowest BCUT2D eigenvalue weighted by Gasteiger charge is -2.27. The summed E-state index contributed by atoms with van der Waals surface area (Å²) in [5.41, 5.74) is -0.639. The summed E-state index contributed by atoms with van der Waals surface area (Å²) >= 11 is 0. The van der Waals surface area contributed by atoms with Gasteiger partial charge in [-0.3, -0.25) is 0 Å². The van der Waals surface area contributed by atoms with Crippen molar-refractivity contribution in [1.82, 2.24) is 10.6 Å². The number of alkyl halides is 3. The maximum atomic E-state index is 12.9. The Morgan fingerprint density at radius 2 is 1.95 bits per heavy atom. The van der Waals surface area contributed by atoms with Crippen molar-refractivity contribution in [2.45, 2.75) is 44.4 Å². The van der Waals surface area contributed by atoms with Crippen molar-refractivity contribution >= 4 is 6.03 Å². The molecule has 3 nitrogen and oxygen atoms in total. The highest BCUT2D eigenvalue weighted by Gasteiger charge is 2.34. The number of benzene rings is 1. The fourth-order valence-corrected chi connectivity index (χ4v) is 2.19. The Balaban J connectivity index is 2.04. The predicted molar refractivity (Wildman–Crippen MR) is 69.2 cm³/mol. The smallest absolute Gasteiger partial charge is 0.335 e. The van der Waals surface area contributed by atoms with Gasteiger partial charge >= 0.3 is 12.2 Å². The molecule has 1 unspecified atom stereocenters. The molecule has 0 aromatic heterocycles. The lowest BCUT2D eigenvalue weighted by molar-refractivity contribution is -0.138. The molecule has 0 spiro atoms. The summed E-state index contributed by atoms with van der Waals surface area (Å²) in [5.74, 6) is 0. The van der Waals surface area contributed by atoms with Crippen LogP contribution in [0, 0.1) is 0 Å². The number of carbonyl (C=O) groups is 1. The zero-order chi connectivity index (χ0) is 14.8. The first-order chi connectivity index (χ1) is 9.38. The number of rotatable bonds is 3. The van der Waals surface area contributed by atoms with E-state index >= 15 is 0 Å². The molecule has 0 heterocycles. The zero-order valence-corrected chi connectivity index (χ0v) is 11.1. The van der Waals surface area contributed by atoms with E-state index in [-0.39, 0.29) is 11.6 Å². The minimum atomic E-state index is -4.42. The maximum absolute atomic E-state index is 12.9. The average Bonchev–Trinajstić information content (AvgIpc) is 2.33. The number of hydrogen-bond donors (Lipinski definition) is 2. The van der Waals surface area contributed by atoms with Gasteiger partial charge in [0, 0.05) is 6.04 Å². The third kappa shape index (κ3) is 3.43. The summed E-state index contributed by atoms with van der Waals surface area (Å²) < 4.78 is 38.7. The quantitative estimate of drug-likeness (QED) is 0.875. The first kappa shape index (κ1) is 14.7. The van der Waals surface area contributed by atoms with Gasteiger partial charge < -0.3 is 10.6 Å². The van der Waals surface area contributed by atoms with Gasteiger partial charge in [0.2, 0.25) is 0 Å². The van der Waals surface area contributed by atoms with Crippen LogP contribution in [0.25, 0.3) is 0 Å². The van der Waals surface area contributed by atoms with Crippen LogP contribution in [0.5, 0.6) is 0 Å². The number of halogens is 3. The van der Waals surface area contributed by atoms with Gasteiger partial charge in [0.15, 0.2) is 0 Å². The molecule has 1 saturated carbocycles. The second-order valence-corrected chi connectivity index (χ2v) is 5.05. The van der Waals surface area contributed by atoms with E-state index < -0.39 is 23.8 Å². The Morgan fingerprint density at radius 3 is 2.50 bits per heavy atom. The fourth-order valence-electron chi connectivity index (χ4n) is 2.19. The molecule has 0 bridgehead atoms. The van der Waals surface area contributed by atoms with Gasteiger partial charge in [-0.05, 0) is 37.8 Å². The van der Waals surface area contributed by atoms with Gasteiger partial charge in [0.05, 0.1) is 11.6 Å². The molecule has 1 aliphatic carbocycles. The predicted octanol–water partition coefficient (Wildman–Crippen LogP) is 3.62. The number of nitrogens with one attached hydrogen (secondary N) is 2. The van der Waals surface area contributed by atoms with Crippen molar-refractivity contribution in [3.05, 3.63) is 35.4 Å². The highest BCUT2D eigenvalue weighted by Crippen LogP contribution is 2.34. The van der Waals surface area contributed by atoms with Crippen molar-refractivity contribution in [3.8, 4) is 0 Å². The Morgan fingerprint density at radius 1 is 1.30 bits per heavy atom. The van der Waals surface area contributed by atoms with Gasteiger partial charge in [-0.1, -0.05) is 18.2 Å². The maximum Gasteiger partial charge on any atom is 0.416 e. The summed E-state index contributed by atoms with van der Waals surface area (Å²) in [6, 6.07) is 4.32. The molecule has 1 atom stereocenters. The highest BCUT2D eigenvalue weighted by atomic mass is 19.4. The van der Waals surface area contributed by atoms with Crippen LogP contribution >= 0.6 is 0 Å². The van der Waals surface area contributed by atoms with E-state index in [4.69, 9.17) is 0 Å². The number of urea groups is 1. The van der Waals surface area contributed by atoms with E-state index in [1.807, 2.05) is 0 Å². The van der Waals surface area contributed by atoms with Crippen LogP contribution < -0.4 is 10.6 Å². The molecule has 1 aromatic rings. The van der Waals surface area contributed by atoms with E-state index in [0.717, 1.165) is 25.3 Å². The van der Waals surface area contributed by atoms with Crippen LogP contribution in [0.3, 0.4) is 0 Å². The van der Waals surface area contributed by atoms with Crippen molar-refractivity contribution in [1.29, 1.82) is 0 Å². The van der Waals surface area contributed by atoms with Gasteiger partial charge in [0.1, 0.15) is 0 Å². The molecule has 0 saturated heterocycles. The summed E-state index contributed by atoms with van der Waals surface area (Å²) in [6.07, 6.45) is -1.48. The molecule has 2 N–H and O–H groups in total. The highest BCUT2D eigenvalue weighted by molar-refractivity contribution is 5.74. The molecule has 2 rings (SSSR count). The van der Waals surface area contributed by atoms with E-state index in [1.165, 1.54) is 18.2 Å². The van der Waals surface area contributed by atoms with E-state index in [2.05, 4.69) is 10.6 Å². The van der Waals surface area contributed by atoms with E-state index in [9.17, 15) is 18.0 Å². The Hall–Kier alpha value is -1.72. The second-order valence-electron chi connectivity index (χ2n) is 5.05. The monoisotopic (exact) mass is 286 g/mol. The minimum Gasteiger partial charge on any atom is -0.335 e. The molecular weight excluding hydrogens is 269 g/mol. The van der Waals surface area contributed by atoms with Crippen molar-refractivity contribution in [2.24, 2.45) is 0 Å². The molecular formula is C14H17F3N2O. The second kappa shape index (κ2) is 5.73. The molecule has 1 fully saturated rings. The number of amides is 2. The SMILES string of the molecule is CC(NC(=O)NC1CCC1)c1ccccc1C(F)(F)F. The standard InChI is InChI=1S/C14H17F3N2O/c1-9(18-13(20)19-10-5-4-6-10)11-7-2-3-8-12(11)14(15,16)17/h2-3,7-10H,4-6H2,1H3,(H2,18,19,20). The van der Waals surface area contributed by atoms with Gasteiger partial charge in [-0.2, -0.15) is 13.2 Å². The zero-order valence-electron chi connectivity index (χ0n) is 11.1. The van der Waals surface area contributed by atoms with Crippen molar-refractivity contribution in [2.75, 3.05) is 0 Å². The van der Waals surface area contributed by atoms with Gasteiger partial charge in [0.25, 0.3) is 0 Å². The van der Waals surface area contributed by atoms with Crippen molar-refractivity contribution < 1.29 is 18.0 Å². The first-order valence-corrected chi connectivity index (χ1v) is 6.61. The van der Waals surface area contributed by atoms with Crippen LogP contribution in [-0.2, 0) is 6.18 Å². The van der Waals surface area contributed by atoms with Crippen LogP contribution in [0.15, 0.2) is 24.3 Å². The third-order valence-corrected chi connectivity index (χ3v) is 3.52. The number of carbonyl (C=O) groups excluding carboxylic acids is 1. The summed E-state index contributed by atoms with van der Waals surface area (Å²) in [6.45, 7) is 1.55. The molecule has 0 aliphatic heterocycles. The molecule has 6 heteroatoms. The lowest BCUT2D eigenvalue weighted by Crippen LogP contribution is -2.45. The molecule has 20 heavy (non-hydrogen) atoms. The molecule has 1 aromatic carbocycles. The minimum absolute atomic E-state index is 0.0729. The number of hydrogen-bond acceptors (Lipinski definition) is 1. The Bertz CT molecular complexity index is 484. The third-order valence-electron chi connectivity index (χ3n) is 3.52. The largest absolute Gasteiger partial charge is 0.416 e. The summed E-state index contributed by atoms with van der Waals surface area (Å²) in [5, 5.41) is 5.30. The Kier molecular flexibility index (Phi) is 4.20. The summed E-state index contributed by atoms with van der Waals surface area (Å²) in [4.78, 5) is 11.7. The van der Waals surface area contributed by atoms with Gasteiger partial charge in [-0.25, -0.2) is 4.79 Å². The summed E-state index contributed by atoms with van der Waals surface area (Å²) in [7, 11) is 0. The first-order valence-electron chi connectivity index (χ1n) is 6.61.